The smallest absolute Gasteiger partial charge is 0.170 e. The monoisotopic (exact) mass is 365 g/mol. The average Bonchev–Trinajstić information content (AvgIpc) is 3.38. The first-order chi connectivity index (χ1) is 13.3. The van der Waals surface area contributed by atoms with Crippen molar-refractivity contribution in [2.75, 3.05) is 20.8 Å². The van der Waals surface area contributed by atoms with Crippen LogP contribution in [-0.2, 0) is 6.54 Å². The lowest BCUT2D eigenvalue weighted by molar-refractivity contribution is 0.235. The van der Waals surface area contributed by atoms with Gasteiger partial charge in [0.2, 0.25) is 0 Å². The number of aromatic nitrogens is 4. The molecular weight excluding hydrogens is 342 g/mol. The molecular formula is C20H23N5O2. The topological polar surface area (TPSA) is 65.3 Å². The largest absolute Gasteiger partial charge is 0.497 e. The lowest BCUT2D eigenvalue weighted by Crippen LogP contribution is -2.25. The third kappa shape index (κ3) is 3.50. The Morgan fingerprint density at radius 1 is 1.07 bits per heavy atom. The van der Waals surface area contributed by atoms with E-state index in [9.17, 15) is 0 Å². The van der Waals surface area contributed by atoms with Gasteiger partial charge in [-0.1, -0.05) is 24.3 Å². The van der Waals surface area contributed by atoms with Gasteiger partial charge in [-0.15, -0.1) is 5.10 Å². The molecule has 1 unspecified atom stereocenters. The van der Waals surface area contributed by atoms with E-state index < -0.39 is 0 Å². The highest BCUT2D eigenvalue weighted by Crippen LogP contribution is 2.39. The number of nitrogens with zero attached hydrogens (tertiary/aromatic N) is 5. The molecule has 1 aliphatic heterocycles. The number of hydrogen-bond donors (Lipinski definition) is 0. The van der Waals surface area contributed by atoms with Gasteiger partial charge >= 0.3 is 0 Å². The van der Waals surface area contributed by atoms with Gasteiger partial charge < -0.3 is 9.47 Å². The third-order valence-corrected chi connectivity index (χ3v) is 5.04. The lowest BCUT2D eigenvalue weighted by Gasteiger charge is -2.25. The van der Waals surface area contributed by atoms with Gasteiger partial charge in [0.15, 0.2) is 5.82 Å². The van der Waals surface area contributed by atoms with Crippen molar-refractivity contribution in [3.63, 3.8) is 0 Å². The number of tetrazole rings is 1. The Balaban J connectivity index is 1.60. The Morgan fingerprint density at radius 2 is 1.93 bits per heavy atom. The minimum absolute atomic E-state index is 0.270. The number of rotatable bonds is 6. The molecule has 7 nitrogen and oxygen atoms in total. The van der Waals surface area contributed by atoms with E-state index in [-0.39, 0.29) is 6.04 Å². The fourth-order valence-corrected chi connectivity index (χ4v) is 3.72. The van der Waals surface area contributed by atoms with Gasteiger partial charge in [-0.3, -0.25) is 4.90 Å². The summed E-state index contributed by atoms with van der Waals surface area (Å²) in [4.78, 5) is 2.41. The van der Waals surface area contributed by atoms with Crippen LogP contribution in [0.15, 0.2) is 48.5 Å². The van der Waals surface area contributed by atoms with Crippen molar-refractivity contribution in [3.8, 4) is 17.2 Å². The second-order valence-corrected chi connectivity index (χ2v) is 6.58. The van der Waals surface area contributed by atoms with Crippen LogP contribution in [0.4, 0.5) is 0 Å². The van der Waals surface area contributed by atoms with Crippen LogP contribution in [0.1, 0.15) is 30.3 Å². The van der Waals surface area contributed by atoms with E-state index in [0.717, 1.165) is 42.4 Å². The molecule has 2 heterocycles. The summed E-state index contributed by atoms with van der Waals surface area (Å²) in [5.74, 6) is 2.49. The van der Waals surface area contributed by atoms with Crippen LogP contribution >= 0.6 is 0 Å². The Kier molecular flexibility index (Phi) is 5.02. The van der Waals surface area contributed by atoms with E-state index in [2.05, 4.69) is 26.5 Å². The lowest BCUT2D eigenvalue weighted by atomic mass is 10.0. The summed E-state index contributed by atoms with van der Waals surface area (Å²) in [5.41, 5.74) is 2.14. The second kappa shape index (κ2) is 7.75. The van der Waals surface area contributed by atoms with E-state index in [1.165, 1.54) is 5.56 Å². The minimum Gasteiger partial charge on any atom is -0.497 e. The number of ether oxygens (including phenoxy) is 2. The average molecular weight is 365 g/mol. The van der Waals surface area contributed by atoms with Gasteiger partial charge in [-0.25, -0.2) is 0 Å². The van der Waals surface area contributed by atoms with E-state index in [0.29, 0.717) is 6.54 Å². The summed E-state index contributed by atoms with van der Waals surface area (Å²) >= 11 is 0. The number of methoxy groups -OCH3 is 2. The summed E-state index contributed by atoms with van der Waals surface area (Å²) in [7, 11) is 3.37. The predicted octanol–water partition coefficient (Wildman–Crippen LogP) is 3.02. The summed E-state index contributed by atoms with van der Waals surface area (Å²) in [6.07, 6.45) is 2.21. The fourth-order valence-electron chi connectivity index (χ4n) is 3.72. The van der Waals surface area contributed by atoms with Gasteiger partial charge in [-0.2, -0.15) is 4.68 Å². The standard InChI is InChI=1S/C20H23N5O2/c1-26-16-10-11-17(19(13-16)27-2)18-9-6-12-24(18)14-20-21-22-23-25(20)15-7-4-3-5-8-15/h3-5,7-8,10-11,13,18H,6,9,12,14H2,1-2H3. The molecule has 1 atom stereocenters. The highest BCUT2D eigenvalue weighted by atomic mass is 16.5. The molecule has 0 amide bonds. The zero-order valence-electron chi connectivity index (χ0n) is 15.6. The quantitative estimate of drug-likeness (QED) is 0.669. The molecule has 2 aromatic carbocycles. The number of likely N-dealkylation sites (tertiary alicyclic amines) is 1. The van der Waals surface area contributed by atoms with Crippen LogP contribution in [0.3, 0.4) is 0 Å². The van der Waals surface area contributed by atoms with E-state index in [4.69, 9.17) is 9.47 Å². The molecule has 0 bridgehead atoms. The van der Waals surface area contributed by atoms with Crippen LogP contribution in [0.2, 0.25) is 0 Å². The van der Waals surface area contributed by atoms with Crippen LogP contribution < -0.4 is 9.47 Å². The first-order valence-corrected chi connectivity index (χ1v) is 9.09. The Morgan fingerprint density at radius 3 is 2.70 bits per heavy atom. The highest BCUT2D eigenvalue weighted by molar-refractivity contribution is 5.43. The van der Waals surface area contributed by atoms with Crippen LogP contribution in [-0.4, -0.2) is 45.9 Å². The molecule has 0 radical (unpaired) electrons. The molecule has 0 spiro atoms. The fraction of sp³-hybridized carbons (Fsp3) is 0.350. The predicted molar refractivity (Wildman–Crippen MR) is 101 cm³/mol. The maximum Gasteiger partial charge on any atom is 0.170 e. The number of hydrogen-bond acceptors (Lipinski definition) is 6. The van der Waals surface area contributed by atoms with Crippen molar-refractivity contribution in [2.24, 2.45) is 0 Å². The van der Waals surface area contributed by atoms with Crippen LogP contribution in [0.25, 0.3) is 5.69 Å². The van der Waals surface area contributed by atoms with Gasteiger partial charge in [0, 0.05) is 17.7 Å². The number of para-hydroxylation sites is 1. The van der Waals surface area contributed by atoms with Crippen LogP contribution in [0, 0.1) is 0 Å². The number of benzene rings is 2. The van der Waals surface area contributed by atoms with Gasteiger partial charge in [-0.05, 0) is 48.0 Å². The van der Waals surface area contributed by atoms with Crippen molar-refractivity contribution >= 4 is 0 Å². The molecule has 1 fully saturated rings. The first kappa shape index (κ1) is 17.5. The van der Waals surface area contributed by atoms with Crippen molar-refractivity contribution in [3.05, 3.63) is 59.9 Å². The van der Waals surface area contributed by atoms with Gasteiger partial charge in [0.25, 0.3) is 0 Å². The molecule has 3 aromatic rings. The van der Waals surface area contributed by atoms with Gasteiger partial charge in [0.1, 0.15) is 11.5 Å². The zero-order valence-corrected chi connectivity index (χ0v) is 15.6. The molecule has 0 aliphatic carbocycles. The first-order valence-electron chi connectivity index (χ1n) is 9.09. The Labute approximate surface area is 158 Å². The maximum atomic E-state index is 5.62. The summed E-state index contributed by atoms with van der Waals surface area (Å²) in [6.45, 7) is 1.68. The Bertz CT molecular complexity index is 896. The zero-order chi connectivity index (χ0) is 18.6. The maximum absolute atomic E-state index is 5.62. The summed E-state index contributed by atoms with van der Waals surface area (Å²) in [6, 6.07) is 16.3. The van der Waals surface area contributed by atoms with Crippen LogP contribution in [0.5, 0.6) is 11.5 Å². The molecule has 0 saturated carbocycles. The second-order valence-electron chi connectivity index (χ2n) is 6.58. The van der Waals surface area contributed by atoms with Gasteiger partial charge in [0.05, 0.1) is 26.5 Å². The highest BCUT2D eigenvalue weighted by Gasteiger charge is 2.30. The SMILES string of the molecule is COc1ccc(C2CCCN2Cc2nnnn2-c2ccccc2)c(OC)c1. The molecule has 0 N–H and O–H groups in total. The summed E-state index contributed by atoms with van der Waals surface area (Å²) in [5, 5.41) is 12.3. The van der Waals surface area contributed by atoms with E-state index >= 15 is 0 Å². The minimum atomic E-state index is 0.270. The van der Waals surface area contributed by atoms with Crippen molar-refractivity contribution < 1.29 is 9.47 Å². The molecule has 1 aromatic heterocycles. The summed E-state index contributed by atoms with van der Waals surface area (Å²) < 4.78 is 12.8. The third-order valence-electron chi connectivity index (χ3n) is 5.04. The van der Waals surface area contributed by atoms with Crippen molar-refractivity contribution in [1.82, 2.24) is 25.1 Å². The normalized spacial score (nSPS) is 17.2. The molecule has 1 aliphatic rings. The van der Waals surface area contributed by atoms with E-state index in [1.807, 2.05) is 42.5 Å². The molecule has 4 rings (SSSR count). The van der Waals surface area contributed by atoms with Crippen molar-refractivity contribution in [2.45, 2.75) is 25.4 Å². The molecule has 27 heavy (non-hydrogen) atoms. The Hall–Kier alpha value is -2.93. The molecule has 140 valence electrons. The van der Waals surface area contributed by atoms with E-state index in [1.54, 1.807) is 18.9 Å². The molecule has 1 saturated heterocycles. The molecule has 7 heteroatoms. The van der Waals surface area contributed by atoms with Crippen molar-refractivity contribution in [1.29, 1.82) is 0 Å².